The van der Waals surface area contributed by atoms with Crippen molar-refractivity contribution in [2.45, 2.75) is 37.5 Å². The molecule has 74 heavy (non-hydrogen) atoms. The van der Waals surface area contributed by atoms with Crippen molar-refractivity contribution in [3.05, 3.63) is 300 Å². The smallest absolute Gasteiger partial charge is 0.418 e. The molecule has 2 atom stereocenters. The van der Waals surface area contributed by atoms with Gasteiger partial charge in [0.2, 0.25) is 0 Å². The Balaban J connectivity index is 0.00000347. The van der Waals surface area contributed by atoms with Crippen LogP contribution in [0.5, 0.6) is 0 Å². The van der Waals surface area contributed by atoms with E-state index in [1.807, 2.05) is 12.1 Å². The van der Waals surface area contributed by atoms with Gasteiger partial charge in [-0.3, -0.25) is 0 Å². The number of benzene rings is 6. The number of hydrogen-bond donors (Lipinski definition) is 0. The summed E-state index contributed by atoms with van der Waals surface area (Å²) in [5, 5.41) is 0. The Bertz CT molecular complexity index is 2420. The van der Waals surface area contributed by atoms with Crippen LogP contribution in [0.25, 0.3) is 24.3 Å². The minimum Gasteiger partial charge on any atom is -0.418 e. The molecule has 0 nitrogen and oxygen atoms in total. The maximum absolute atomic E-state index is 9.75. The van der Waals surface area contributed by atoms with E-state index in [4.69, 9.17) is 0 Å². The van der Waals surface area contributed by atoms with Crippen molar-refractivity contribution in [1.82, 2.24) is 0 Å². The molecule has 402 valence electrons. The molecule has 2 unspecified atom stereocenters. The van der Waals surface area contributed by atoms with Gasteiger partial charge in [0.05, 0.1) is 0 Å². The zero-order chi connectivity index (χ0) is 50.1. The fraction of sp³-hybridized carbons (Fsp3) is 0.100. The maximum Gasteiger partial charge on any atom is 0.673 e. The van der Waals surface area contributed by atoms with Crippen molar-refractivity contribution in [1.29, 1.82) is 0 Å². The molecule has 0 aromatic heterocycles. The molecule has 0 heterocycles. The van der Waals surface area contributed by atoms with Crippen LogP contribution in [0.3, 0.4) is 0 Å². The van der Waals surface area contributed by atoms with Crippen LogP contribution >= 0.6 is 0 Å². The van der Waals surface area contributed by atoms with Crippen LogP contribution < -0.4 is 0 Å². The standard InChI is InChI=1S/C60H56.2BF4.4Pd/c1(11-31-51-33-13-5-14-34-51)3-23-43-55-45-27-29-47-57(55)59(49-25-9-21-41-53-37-17-7-18-38-53)60(50-26-10-22-42-54-39-19-8-20-40-54)58-48-30-28-46-56(58)44-24-4-2-12-32-52-35-15-6-16-36-52;2*2-1(3,4)5;;;;/h1-24,27-48,59-60H,25-26,49-50H2;;;;;;/q-2;2*-1;;;;/b3-1+,4-2+,21-9+,22-10+,31-11+,32-12+,43-23+,44-24+;;;;;;. The van der Waals surface area contributed by atoms with Gasteiger partial charge in [0, 0.05) is 81.7 Å². The largest absolute Gasteiger partial charge is 0.673 e. The minimum absolute atomic E-state index is 0. The SMILES string of the molecule is C(=C\C=C\c1ccccc1C(CC/C=C/[CH-]c1ccccc1)C(CC/C=C/[CH-]c1ccccc1)c1ccccc1/C=C/C=C/C=C/c1ccccc1)/C=C/c1ccccc1.F[B-](F)(F)F.F[B-](F)(F)F.[Pd].[Pd].[Pd].[Pd]. The zero-order valence-electron chi connectivity index (χ0n) is 40.0. The van der Waals surface area contributed by atoms with E-state index in [2.05, 4.69) is 268 Å². The number of hydrogen-bond acceptors (Lipinski definition) is 0. The Kier molecular flexibility index (Phi) is 37.9. The van der Waals surface area contributed by atoms with Gasteiger partial charge in [0.1, 0.15) is 0 Å². The Hall–Kier alpha value is -4.80. The second-order valence-electron chi connectivity index (χ2n) is 15.7. The molecule has 0 spiro atoms. The predicted octanol–water partition coefficient (Wildman–Crippen LogP) is 18.9. The van der Waals surface area contributed by atoms with Gasteiger partial charge in [-0.1, -0.05) is 220 Å². The molecule has 0 N–H and O–H groups in total. The fourth-order valence-corrected chi connectivity index (χ4v) is 7.41. The van der Waals surface area contributed by atoms with E-state index in [1.54, 1.807) is 0 Å². The molecule has 0 bridgehead atoms. The Morgan fingerprint density at radius 1 is 0.338 bits per heavy atom. The molecule has 6 aromatic rings. The average molecular weight is 1380 g/mol. The minimum atomic E-state index is -6.00. The van der Waals surface area contributed by atoms with Crippen molar-refractivity contribution in [3.63, 3.8) is 0 Å². The third-order valence-electron chi connectivity index (χ3n) is 10.4. The van der Waals surface area contributed by atoms with E-state index in [0.717, 1.165) is 25.7 Å². The topological polar surface area (TPSA) is 0 Å². The first-order chi connectivity index (χ1) is 33.8. The molecule has 0 amide bonds. The summed E-state index contributed by atoms with van der Waals surface area (Å²) in [5.41, 5.74) is 10.1. The van der Waals surface area contributed by atoms with Crippen molar-refractivity contribution in [2.75, 3.05) is 0 Å². The van der Waals surface area contributed by atoms with Crippen LogP contribution in [0.4, 0.5) is 34.5 Å². The first kappa shape index (κ1) is 69.2. The van der Waals surface area contributed by atoms with Crippen LogP contribution in [0.1, 0.15) is 82.0 Å². The molecule has 0 saturated carbocycles. The predicted molar refractivity (Wildman–Crippen MR) is 282 cm³/mol. The van der Waals surface area contributed by atoms with Crippen molar-refractivity contribution >= 4 is 38.8 Å². The second kappa shape index (κ2) is 40.5. The van der Waals surface area contributed by atoms with E-state index >= 15 is 0 Å². The third-order valence-corrected chi connectivity index (χ3v) is 10.4. The van der Waals surface area contributed by atoms with Crippen molar-refractivity contribution in [2.24, 2.45) is 0 Å². The van der Waals surface area contributed by atoms with E-state index in [-0.39, 0.29) is 93.5 Å². The summed E-state index contributed by atoms with van der Waals surface area (Å²) in [6.45, 7) is 0. The molecule has 0 aliphatic heterocycles. The zero-order valence-corrected chi connectivity index (χ0v) is 46.2. The molecule has 0 aliphatic rings. The van der Waals surface area contributed by atoms with E-state index in [9.17, 15) is 34.5 Å². The van der Waals surface area contributed by atoms with Gasteiger partial charge in [-0.05, 0) is 45.2 Å². The fourth-order valence-electron chi connectivity index (χ4n) is 7.41. The molecule has 6 rings (SSSR count). The summed E-state index contributed by atoms with van der Waals surface area (Å²) in [6.07, 6.45) is 43.4. The van der Waals surface area contributed by atoms with Gasteiger partial charge in [-0.2, -0.15) is 12.2 Å². The van der Waals surface area contributed by atoms with E-state index in [0.29, 0.717) is 0 Å². The summed E-state index contributed by atoms with van der Waals surface area (Å²) < 4.78 is 78.0. The Labute approximate surface area is 488 Å². The number of allylic oxidation sites excluding steroid dienone is 12. The average Bonchev–Trinajstić information content (AvgIpc) is 3.34. The molecular formula is C60H56B2F8Pd4-4. The van der Waals surface area contributed by atoms with E-state index < -0.39 is 14.5 Å². The number of halogens is 8. The third kappa shape index (κ3) is 32.5. The van der Waals surface area contributed by atoms with Gasteiger partial charge >= 0.3 is 14.5 Å². The molecular weight excluding hydrogens is 1320 g/mol. The monoisotopic (exact) mass is 1370 g/mol. The Morgan fingerprint density at radius 3 is 0.932 bits per heavy atom. The van der Waals surface area contributed by atoms with Crippen molar-refractivity contribution in [3.8, 4) is 0 Å². The molecule has 0 aliphatic carbocycles. The normalized spacial score (nSPS) is 12.4. The van der Waals surface area contributed by atoms with Crippen LogP contribution in [-0.2, 0) is 81.7 Å². The Morgan fingerprint density at radius 2 is 0.608 bits per heavy atom. The summed E-state index contributed by atoms with van der Waals surface area (Å²) in [4.78, 5) is 0. The molecule has 0 saturated heterocycles. The van der Waals surface area contributed by atoms with Gasteiger partial charge in [0.25, 0.3) is 0 Å². The van der Waals surface area contributed by atoms with Crippen molar-refractivity contribution < 1.29 is 116 Å². The maximum atomic E-state index is 9.75. The first-order valence-corrected chi connectivity index (χ1v) is 23.0. The summed E-state index contributed by atoms with van der Waals surface area (Å²) in [6, 6.07) is 60.0. The van der Waals surface area contributed by atoms with Gasteiger partial charge in [0.15, 0.2) is 0 Å². The van der Waals surface area contributed by atoms with Crippen LogP contribution in [0.15, 0.2) is 243 Å². The van der Waals surface area contributed by atoms with Crippen LogP contribution in [0, 0.1) is 12.8 Å². The van der Waals surface area contributed by atoms with E-state index in [1.165, 1.54) is 44.5 Å². The number of rotatable bonds is 21. The molecule has 0 fully saturated rings. The van der Waals surface area contributed by atoms with Gasteiger partial charge in [-0.15, -0.1) is 84.7 Å². The summed E-state index contributed by atoms with van der Waals surface area (Å²) >= 11 is 0. The van der Waals surface area contributed by atoms with Gasteiger partial charge in [-0.25, -0.2) is 0 Å². The quantitative estimate of drug-likeness (QED) is 0.0292. The molecule has 0 radical (unpaired) electrons. The van der Waals surface area contributed by atoms with Gasteiger partial charge < -0.3 is 34.5 Å². The second-order valence-corrected chi connectivity index (χ2v) is 15.7. The molecule has 14 heteroatoms. The molecule has 6 aromatic carbocycles. The summed E-state index contributed by atoms with van der Waals surface area (Å²) in [5.74, 6) is 0.555. The van der Waals surface area contributed by atoms with Crippen LogP contribution in [-0.4, -0.2) is 14.5 Å². The van der Waals surface area contributed by atoms with Crippen LogP contribution in [0.2, 0.25) is 0 Å². The first-order valence-electron chi connectivity index (χ1n) is 23.0. The summed E-state index contributed by atoms with van der Waals surface area (Å²) in [7, 11) is -12.0.